The maximum absolute atomic E-state index is 12.9. The molecule has 1 heterocycles. The van der Waals surface area contributed by atoms with Crippen molar-refractivity contribution in [2.24, 2.45) is 4.99 Å². The Morgan fingerprint density at radius 3 is 2.29 bits per heavy atom. The number of aliphatic imine (C=N–C) groups is 1. The molecule has 0 radical (unpaired) electrons. The van der Waals surface area contributed by atoms with Gasteiger partial charge in [-0.05, 0) is 60.7 Å². The van der Waals surface area contributed by atoms with E-state index in [-0.39, 0.29) is 24.2 Å². The van der Waals surface area contributed by atoms with Crippen LogP contribution in [0, 0.1) is 5.82 Å². The van der Waals surface area contributed by atoms with Gasteiger partial charge in [-0.2, -0.15) is 0 Å². The number of ether oxygens (including phenoxy) is 1. The fraction of sp³-hybridized carbons (Fsp3) is 0.0870. The minimum absolute atomic E-state index is 0.127. The van der Waals surface area contributed by atoms with E-state index in [0.717, 1.165) is 5.75 Å². The maximum Gasteiger partial charge on any atom is 0.252 e. The summed E-state index contributed by atoms with van der Waals surface area (Å²) < 4.78 is 18.7. The molecule has 31 heavy (non-hydrogen) atoms. The van der Waals surface area contributed by atoms with Crippen molar-refractivity contribution in [3.63, 3.8) is 0 Å². The second-order valence-electron chi connectivity index (χ2n) is 6.81. The summed E-state index contributed by atoms with van der Waals surface area (Å²) in [6.45, 7) is 0. The number of guanidine groups is 1. The van der Waals surface area contributed by atoms with E-state index < -0.39 is 11.9 Å². The second kappa shape index (κ2) is 9.08. The molecule has 3 aromatic rings. The summed E-state index contributed by atoms with van der Waals surface area (Å²) >= 11 is 0. The molecule has 0 fully saturated rings. The lowest BCUT2D eigenvalue weighted by molar-refractivity contribution is -0.123. The number of hydrogen-bond acceptors (Lipinski definition) is 5. The smallest absolute Gasteiger partial charge is 0.252 e. The molecular weight excluding hydrogens is 399 g/mol. The van der Waals surface area contributed by atoms with Gasteiger partial charge in [0.1, 0.15) is 23.4 Å². The minimum atomic E-state index is -0.844. The van der Waals surface area contributed by atoms with Crippen molar-refractivity contribution in [2.45, 2.75) is 12.5 Å². The van der Waals surface area contributed by atoms with Gasteiger partial charge in [0.05, 0.1) is 6.42 Å². The molecule has 1 unspecified atom stereocenters. The van der Waals surface area contributed by atoms with Crippen molar-refractivity contribution >= 4 is 29.1 Å². The number of benzene rings is 3. The van der Waals surface area contributed by atoms with Gasteiger partial charge in [0.2, 0.25) is 11.9 Å². The van der Waals surface area contributed by atoms with E-state index in [1.165, 1.54) is 24.3 Å². The van der Waals surface area contributed by atoms with E-state index in [4.69, 9.17) is 4.74 Å². The first-order valence-corrected chi connectivity index (χ1v) is 9.59. The van der Waals surface area contributed by atoms with Crippen molar-refractivity contribution in [3.05, 3.63) is 84.7 Å². The molecular formula is C23H19FN4O3. The molecule has 0 aliphatic carbocycles. The maximum atomic E-state index is 12.9. The van der Waals surface area contributed by atoms with Crippen LogP contribution in [0.1, 0.15) is 6.42 Å². The van der Waals surface area contributed by atoms with Crippen molar-refractivity contribution in [1.82, 2.24) is 5.32 Å². The normalized spacial score (nSPS) is 15.1. The molecule has 2 amide bonds. The highest BCUT2D eigenvalue weighted by molar-refractivity contribution is 6.11. The molecule has 1 aliphatic heterocycles. The highest BCUT2D eigenvalue weighted by atomic mass is 19.1. The van der Waals surface area contributed by atoms with Gasteiger partial charge in [-0.15, -0.1) is 0 Å². The van der Waals surface area contributed by atoms with Crippen LogP contribution in [0.2, 0.25) is 0 Å². The second-order valence-corrected chi connectivity index (χ2v) is 6.81. The third-order valence-electron chi connectivity index (χ3n) is 4.43. The molecule has 8 heteroatoms. The SMILES string of the molecule is O=C(CC1N=C(Nc2ccc(Oc3ccccc3)cc2)NC1=O)Nc1ccc(F)cc1. The standard InChI is InChI=1S/C23H19FN4O3/c24-15-6-8-16(9-7-15)25-21(29)14-20-22(30)28-23(27-20)26-17-10-12-19(13-11-17)31-18-4-2-1-3-5-18/h1-13,20H,14H2,(H,25,29)(H2,26,27,28,30). The van der Waals surface area contributed by atoms with E-state index >= 15 is 0 Å². The zero-order valence-corrected chi connectivity index (χ0v) is 16.3. The van der Waals surface area contributed by atoms with Crippen LogP contribution in [-0.2, 0) is 9.59 Å². The molecule has 0 saturated carbocycles. The molecule has 1 atom stereocenters. The van der Waals surface area contributed by atoms with Crippen LogP contribution in [0.4, 0.5) is 15.8 Å². The van der Waals surface area contributed by atoms with Crippen LogP contribution in [0.25, 0.3) is 0 Å². The summed E-state index contributed by atoms with van der Waals surface area (Å²) in [7, 11) is 0. The lowest BCUT2D eigenvalue weighted by atomic mass is 10.2. The minimum Gasteiger partial charge on any atom is -0.457 e. The third kappa shape index (κ3) is 5.45. The molecule has 0 saturated heterocycles. The summed E-state index contributed by atoms with van der Waals surface area (Å²) in [6.07, 6.45) is -0.127. The number of para-hydroxylation sites is 1. The number of amides is 2. The zero-order chi connectivity index (χ0) is 21.6. The fourth-order valence-corrected chi connectivity index (χ4v) is 2.94. The summed E-state index contributed by atoms with van der Waals surface area (Å²) in [5.41, 5.74) is 1.15. The Kier molecular flexibility index (Phi) is 5.89. The van der Waals surface area contributed by atoms with Gasteiger partial charge >= 0.3 is 0 Å². The van der Waals surface area contributed by atoms with Gasteiger partial charge in [-0.25, -0.2) is 9.38 Å². The van der Waals surface area contributed by atoms with Crippen LogP contribution in [0.5, 0.6) is 11.5 Å². The van der Waals surface area contributed by atoms with Crippen LogP contribution >= 0.6 is 0 Å². The fourth-order valence-electron chi connectivity index (χ4n) is 2.94. The van der Waals surface area contributed by atoms with Crippen molar-refractivity contribution in [3.8, 4) is 11.5 Å². The average molecular weight is 418 g/mol. The van der Waals surface area contributed by atoms with E-state index in [0.29, 0.717) is 17.1 Å². The number of nitrogens with zero attached hydrogens (tertiary/aromatic N) is 1. The summed E-state index contributed by atoms with van der Waals surface area (Å²) in [5, 5.41) is 8.25. The largest absolute Gasteiger partial charge is 0.457 e. The first-order valence-electron chi connectivity index (χ1n) is 9.59. The first-order chi connectivity index (χ1) is 15.0. The molecule has 7 nitrogen and oxygen atoms in total. The van der Waals surface area contributed by atoms with Crippen LogP contribution in [-0.4, -0.2) is 23.8 Å². The van der Waals surface area contributed by atoms with Crippen molar-refractivity contribution < 1.29 is 18.7 Å². The number of anilines is 2. The Hall–Kier alpha value is -4.20. The number of nitrogens with one attached hydrogen (secondary N) is 3. The monoisotopic (exact) mass is 418 g/mol. The van der Waals surface area contributed by atoms with Gasteiger partial charge in [-0.1, -0.05) is 18.2 Å². The van der Waals surface area contributed by atoms with Crippen LogP contribution < -0.4 is 20.7 Å². The number of rotatable bonds is 6. The Balaban J connectivity index is 1.32. The Labute approximate surface area is 178 Å². The van der Waals surface area contributed by atoms with Gasteiger partial charge in [0, 0.05) is 11.4 Å². The lowest BCUT2D eigenvalue weighted by Crippen LogP contribution is -2.33. The van der Waals surface area contributed by atoms with E-state index in [1.54, 1.807) is 24.3 Å². The summed E-state index contributed by atoms with van der Waals surface area (Å²) in [4.78, 5) is 28.6. The Bertz CT molecular complexity index is 1100. The van der Waals surface area contributed by atoms with E-state index in [2.05, 4.69) is 20.9 Å². The molecule has 156 valence electrons. The van der Waals surface area contributed by atoms with Crippen LogP contribution in [0.15, 0.2) is 83.9 Å². The molecule has 4 rings (SSSR count). The number of halogens is 1. The van der Waals surface area contributed by atoms with Crippen molar-refractivity contribution in [1.29, 1.82) is 0 Å². The molecule has 0 spiro atoms. The van der Waals surface area contributed by atoms with Crippen molar-refractivity contribution in [2.75, 3.05) is 10.6 Å². The van der Waals surface area contributed by atoms with E-state index in [9.17, 15) is 14.0 Å². The molecule has 3 N–H and O–H groups in total. The molecule has 1 aliphatic rings. The summed E-state index contributed by atoms with van der Waals surface area (Å²) in [6, 6.07) is 21.1. The highest BCUT2D eigenvalue weighted by Gasteiger charge is 2.28. The topological polar surface area (TPSA) is 91.8 Å². The average Bonchev–Trinajstić information content (AvgIpc) is 3.10. The van der Waals surface area contributed by atoms with E-state index in [1.807, 2.05) is 30.3 Å². The first kappa shape index (κ1) is 20.1. The predicted molar refractivity (Wildman–Crippen MR) is 116 cm³/mol. The Morgan fingerprint density at radius 2 is 1.58 bits per heavy atom. The number of carbonyl (C=O) groups excluding carboxylic acids is 2. The zero-order valence-electron chi connectivity index (χ0n) is 16.3. The quantitative estimate of drug-likeness (QED) is 0.566. The van der Waals surface area contributed by atoms with Gasteiger partial charge in [-0.3, -0.25) is 14.9 Å². The number of carbonyl (C=O) groups is 2. The lowest BCUT2D eigenvalue weighted by Gasteiger charge is -2.08. The van der Waals surface area contributed by atoms with Gasteiger partial charge in [0.25, 0.3) is 5.91 Å². The Morgan fingerprint density at radius 1 is 0.935 bits per heavy atom. The highest BCUT2D eigenvalue weighted by Crippen LogP contribution is 2.23. The molecule has 0 aromatic heterocycles. The summed E-state index contributed by atoms with van der Waals surface area (Å²) in [5.74, 6) is 0.510. The predicted octanol–water partition coefficient (Wildman–Crippen LogP) is 3.91. The van der Waals surface area contributed by atoms with Gasteiger partial charge in [0.15, 0.2) is 0 Å². The molecule has 0 bridgehead atoms. The number of hydrogen-bond donors (Lipinski definition) is 3. The van der Waals surface area contributed by atoms with Gasteiger partial charge < -0.3 is 15.4 Å². The van der Waals surface area contributed by atoms with Crippen LogP contribution in [0.3, 0.4) is 0 Å². The third-order valence-corrected chi connectivity index (χ3v) is 4.43. The molecule has 3 aromatic carbocycles.